The fourth-order valence-electron chi connectivity index (χ4n) is 11.9. The summed E-state index contributed by atoms with van der Waals surface area (Å²) in [6.45, 7) is 4.96. The van der Waals surface area contributed by atoms with E-state index in [9.17, 15) is 0 Å². The summed E-state index contributed by atoms with van der Waals surface area (Å²) in [5.41, 5.74) is 15.2. The Hall–Kier alpha value is -10.5. The van der Waals surface area contributed by atoms with Crippen LogP contribution in [-0.2, 0) is 26.8 Å². The summed E-state index contributed by atoms with van der Waals surface area (Å²) < 4.78 is 17.3. The van der Waals surface area contributed by atoms with Crippen molar-refractivity contribution in [3.05, 3.63) is 418 Å². The van der Waals surface area contributed by atoms with E-state index >= 15 is 0 Å². The van der Waals surface area contributed by atoms with Gasteiger partial charge < -0.3 is 25.7 Å². The Bertz CT molecular complexity index is 4070. The van der Waals surface area contributed by atoms with E-state index in [1.807, 2.05) is 50.2 Å². The number of methoxy groups -OCH3 is 1. The van der Waals surface area contributed by atoms with Crippen LogP contribution >= 0.6 is 31.7 Å². The van der Waals surface area contributed by atoms with Gasteiger partial charge in [0, 0.05) is 38.6 Å². The molecule has 7 nitrogen and oxygen atoms in total. The van der Waals surface area contributed by atoms with Crippen LogP contribution in [0, 0.1) is 0 Å². The largest absolute Gasteiger partial charge is 0.497 e. The van der Waals surface area contributed by atoms with E-state index in [4.69, 9.17) is 25.7 Å². The summed E-state index contributed by atoms with van der Waals surface area (Å²) in [7, 11) is -0.137. The molecular formula is C94H86N4O3P4Pd. The van der Waals surface area contributed by atoms with Crippen molar-refractivity contribution < 1.29 is 34.6 Å². The number of anilines is 2. The van der Waals surface area contributed by atoms with E-state index in [1.54, 1.807) is 13.3 Å². The van der Waals surface area contributed by atoms with E-state index in [2.05, 4.69) is 374 Å². The van der Waals surface area contributed by atoms with Gasteiger partial charge in [-0.25, -0.2) is 4.98 Å². The van der Waals surface area contributed by atoms with Crippen molar-refractivity contribution in [2.45, 2.75) is 20.3 Å². The van der Waals surface area contributed by atoms with Crippen molar-refractivity contribution in [2.24, 2.45) is 0 Å². The molecule has 4 N–H and O–H groups in total. The van der Waals surface area contributed by atoms with E-state index < -0.39 is 31.7 Å². The average Bonchev–Trinajstić information content (AvgIpc) is 0.827. The molecule has 106 heavy (non-hydrogen) atoms. The number of nitrogens with two attached hydrogens (primary N) is 2. The third-order valence-electron chi connectivity index (χ3n) is 16.6. The van der Waals surface area contributed by atoms with Crippen molar-refractivity contribution in [3.8, 4) is 28.4 Å². The number of rotatable bonds is 20. The molecule has 0 saturated heterocycles. The summed E-state index contributed by atoms with van der Waals surface area (Å²) in [5.74, 6) is 2.76. The van der Waals surface area contributed by atoms with Crippen LogP contribution in [0.15, 0.2) is 407 Å². The topological polar surface area (TPSA) is 106 Å². The third-order valence-corrected chi connectivity index (χ3v) is 26.3. The average molecular weight is 1550 g/mol. The molecule has 0 spiro atoms. The van der Waals surface area contributed by atoms with Gasteiger partial charge in [0.1, 0.15) is 23.1 Å². The summed E-state index contributed by atoms with van der Waals surface area (Å²) in [5, 5.41) is 16.8. The van der Waals surface area contributed by atoms with Crippen LogP contribution < -0.4 is 89.3 Å². The first kappa shape index (κ1) is 78.1. The fourth-order valence-corrected chi connectivity index (χ4v) is 21.1. The molecule has 0 atom stereocenters. The summed E-state index contributed by atoms with van der Waals surface area (Å²) >= 11 is 0. The van der Waals surface area contributed by atoms with Gasteiger partial charge >= 0.3 is 0 Å². The Morgan fingerprint density at radius 1 is 0.302 bits per heavy atom. The number of hydrogen-bond donors (Lipinski definition) is 2. The van der Waals surface area contributed by atoms with Gasteiger partial charge in [-0.3, -0.25) is 0 Å². The predicted octanol–water partition coefficient (Wildman–Crippen LogP) is 17.5. The zero-order valence-electron chi connectivity index (χ0n) is 59.7. The SMILES string of the molecule is CCOc1cc(Cc2cnc(N)nc2N)cc(OCC)c1-c1cccc(OC)c1.[Pd].c1ccc(P(c2ccccc2)c2ccccc2)cc1.c1ccc(P(c2ccccc2)c2ccccc2)cc1.c1ccc(P(c2ccccc2)c2ccccc2)cc1.c1ccc(P(c2ccccc2)c2ccccc2)cc1. The van der Waals surface area contributed by atoms with Gasteiger partial charge in [0.15, 0.2) is 0 Å². The number of nitrogen functional groups attached to an aromatic ring is 2. The minimum atomic E-state index is -0.446. The van der Waals surface area contributed by atoms with E-state index in [-0.39, 0.29) is 26.4 Å². The Morgan fingerprint density at radius 3 is 0.745 bits per heavy atom. The number of hydrogen-bond acceptors (Lipinski definition) is 7. The van der Waals surface area contributed by atoms with Gasteiger partial charge in [-0.2, -0.15) is 4.98 Å². The van der Waals surface area contributed by atoms with E-state index in [1.165, 1.54) is 63.7 Å². The van der Waals surface area contributed by atoms with Gasteiger partial charge in [-0.15, -0.1) is 0 Å². The summed E-state index contributed by atoms with van der Waals surface area (Å²) in [6, 6.07) is 141. The molecule has 0 aliphatic carbocycles. The van der Waals surface area contributed by atoms with Gasteiger partial charge in [0.2, 0.25) is 5.95 Å². The Morgan fingerprint density at radius 2 is 0.538 bits per heavy atom. The Labute approximate surface area is 645 Å². The van der Waals surface area contributed by atoms with Crippen LogP contribution in [0.5, 0.6) is 17.2 Å². The van der Waals surface area contributed by atoms with Gasteiger partial charge in [0.25, 0.3) is 0 Å². The second-order valence-corrected chi connectivity index (χ2v) is 32.6. The van der Waals surface area contributed by atoms with Gasteiger partial charge in [-0.05, 0) is 145 Å². The van der Waals surface area contributed by atoms with Gasteiger partial charge in [-0.1, -0.05) is 376 Å². The molecule has 0 amide bonds. The second kappa shape index (κ2) is 42.5. The maximum absolute atomic E-state index is 6.01. The molecule has 1 aromatic heterocycles. The zero-order valence-corrected chi connectivity index (χ0v) is 64.8. The molecule has 530 valence electrons. The smallest absolute Gasteiger partial charge is 0.221 e. The van der Waals surface area contributed by atoms with E-state index in [0.717, 1.165) is 39.5 Å². The van der Waals surface area contributed by atoms with Crippen molar-refractivity contribution >= 4 is 107 Å². The van der Waals surface area contributed by atoms with E-state index in [0.29, 0.717) is 25.5 Å². The standard InChI is InChI=1S/C22H26N4O3.4C18H15P.Pd/c1-4-28-18-10-14(9-16-13-25-22(24)26-21(16)23)11-19(29-5-2)20(18)15-7-6-8-17(12-15)27-3;4*1-4-10-16(11-5-1)19(17-12-6-2-7-13-17)18-14-8-3-9-15-18;/h6-8,10-13H,4-5,9H2,1-3H3,(H4,23,24,25,26);4*1-15H;. The molecule has 12 heteroatoms. The molecule has 0 saturated carbocycles. The first-order valence-corrected chi connectivity index (χ1v) is 40.5. The number of aromatic nitrogens is 2. The van der Waals surface area contributed by atoms with Gasteiger partial charge in [0.05, 0.1) is 25.9 Å². The zero-order chi connectivity index (χ0) is 72.5. The van der Waals surface area contributed by atoms with Crippen molar-refractivity contribution in [1.82, 2.24) is 9.97 Å². The molecule has 0 fully saturated rings. The number of ether oxygens (including phenoxy) is 3. The molecule has 14 aromatic carbocycles. The summed E-state index contributed by atoms with van der Waals surface area (Å²) in [4.78, 5) is 8.09. The van der Waals surface area contributed by atoms with Crippen LogP contribution in [0.25, 0.3) is 11.1 Å². The van der Waals surface area contributed by atoms with Crippen LogP contribution in [-0.4, -0.2) is 30.3 Å². The minimum absolute atomic E-state index is 0. The maximum atomic E-state index is 6.01. The molecule has 1 heterocycles. The van der Waals surface area contributed by atoms with Crippen LogP contribution in [0.3, 0.4) is 0 Å². The van der Waals surface area contributed by atoms with Crippen molar-refractivity contribution in [2.75, 3.05) is 31.8 Å². The molecule has 0 aliphatic rings. The molecule has 0 bridgehead atoms. The molecule has 0 aliphatic heterocycles. The first-order chi connectivity index (χ1) is 51.8. The molecule has 0 unspecified atom stereocenters. The minimum Gasteiger partial charge on any atom is -0.497 e. The van der Waals surface area contributed by atoms with Crippen LogP contribution in [0.4, 0.5) is 11.8 Å². The molecule has 0 radical (unpaired) electrons. The molecule has 15 rings (SSSR count). The number of benzene rings is 14. The quantitative estimate of drug-likeness (QED) is 0.0578. The van der Waals surface area contributed by atoms with Crippen molar-refractivity contribution in [1.29, 1.82) is 0 Å². The molecule has 15 aromatic rings. The third kappa shape index (κ3) is 22.5. The first-order valence-electron chi connectivity index (χ1n) is 35.1. The maximum Gasteiger partial charge on any atom is 0.221 e. The Kier molecular flexibility index (Phi) is 31.3. The number of nitrogens with zero attached hydrogens (tertiary/aromatic N) is 2. The fraction of sp³-hybridized carbons (Fsp3) is 0.0638. The second-order valence-electron chi connectivity index (χ2n) is 23.7. The normalized spacial score (nSPS) is 10.5. The van der Waals surface area contributed by atoms with Crippen molar-refractivity contribution in [3.63, 3.8) is 0 Å². The monoisotopic (exact) mass is 1550 g/mol. The summed E-state index contributed by atoms with van der Waals surface area (Å²) in [6.07, 6.45) is 2.18. The molecular weight excluding hydrogens is 1460 g/mol. The predicted molar refractivity (Wildman–Crippen MR) is 455 cm³/mol. The van der Waals surface area contributed by atoms with Crippen LogP contribution in [0.2, 0.25) is 0 Å². The van der Waals surface area contributed by atoms with Crippen LogP contribution in [0.1, 0.15) is 25.0 Å². The Balaban J connectivity index is 0.000000143.